The maximum Gasteiger partial charge on any atom is 0.135 e. The van der Waals surface area contributed by atoms with E-state index in [4.69, 9.17) is 4.42 Å². The molecule has 58 heavy (non-hydrogen) atoms. The van der Waals surface area contributed by atoms with Crippen molar-refractivity contribution in [2.75, 3.05) is 9.80 Å². The molecule has 0 amide bonds. The van der Waals surface area contributed by atoms with Gasteiger partial charge in [-0.3, -0.25) is 0 Å². The molecule has 0 atom stereocenters. The van der Waals surface area contributed by atoms with Gasteiger partial charge in [-0.15, -0.1) is 11.3 Å². The van der Waals surface area contributed by atoms with E-state index in [2.05, 4.69) is 216 Å². The summed E-state index contributed by atoms with van der Waals surface area (Å²) in [7, 11) is 0. The third-order valence-electron chi connectivity index (χ3n) is 11.1. The minimum Gasteiger partial charge on any atom is -0.456 e. The number of nitrogens with zero attached hydrogens (tertiary/aromatic N) is 2. The van der Waals surface area contributed by atoms with Crippen molar-refractivity contribution in [1.82, 2.24) is 0 Å². The van der Waals surface area contributed by atoms with E-state index in [1.807, 2.05) is 23.5 Å². The van der Waals surface area contributed by atoms with Crippen molar-refractivity contribution in [3.63, 3.8) is 0 Å². The number of benzene rings is 9. The van der Waals surface area contributed by atoms with E-state index in [1.54, 1.807) is 0 Å². The van der Waals surface area contributed by atoms with Crippen molar-refractivity contribution in [2.45, 2.75) is 0 Å². The summed E-state index contributed by atoms with van der Waals surface area (Å²) in [6.07, 6.45) is 0. The molecule has 4 heteroatoms. The lowest BCUT2D eigenvalue weighted by atomic mass is 10.0. The molecular weight excluding hydrogens is 725 g/mol. The summed E-state index contributed by atoms with van der Waals surface area (Å²) in [4.78, 5) is 4.70. The van der Waals surface area contributed by atoms with Gasteiger partial charge in [0.15, 0.2) is 0 Å². The minimum absolute atomic E-state index is 0.908. The number of anilines is 6. The molecule has 0 aliphatic rings. The summed E-state index contributed by atoms with van der Waals surface area (Å²) in [6.45, 7) is 0. The number of fused-ring (bicyclic) bond motifs is 6. The lowest BCUT2D eigenvalue weighted by Crippen LogP contribution is -2.10. The van der Waals surface area contributed by atoms with E-state index < -0.39 is 0 Å². The van der Waals surface area contributed by atoms with Crippen LogP contribution in [0.4, 0.5) is 34.1 Å². The molecule has 9 aromatic carbocycles. The normalized spacial score (nSPS) is 11.4. The molecular formula is C54H36N2OS. The van der Waals surface area contributed by atoms with Gasteiger partial charge in [-0.25, -0.2) is 0 Å². The Labute approximate surface area is 340 Å². The van der Waals surface area contributed by atoms with Gasteiger partial charge < -0.3 is 14.2 Å². The fraction of sp³-hybridized carbons (Fsp3) is 0. The molecule has 0 saturated heterocycles. The monoisotopic (exact) mass is 760 g/mol. The van der Waals surface area contributed by atoms with Crippen LogP contribution in [0.3, 0.4) is 0 Å². The van der Waals surface area contributed by atoms with E-state index in [9.17, 15) is 0 Å². The quantitative estimate of drug-likeness (QED) is 0.154. The Morgan fingerprint density at radius 3 is 1.55 bits per heavy atom. The van der Waals surface area contributed by atoms with Gasteiger partial charge in [0.25, 0.3) is 0 Å². The Morgan fingerprint density at radius 2 is 0.862 bits per heavy atom. The zero-order valence-electron chi connectivity index (χ0n) is 31.5. The number of rotatable bonds is 8. The largest absolute Gasteiger partial charge is 0.456 e. The van der Waals surface area contributed by atoms with Crippen molar-refractivity contribution in [1.29, 1.82) is 0 Å². The van der Waals surface area contributed by atoms with Crippen LogP contribution in [0.25, 0.3) is 64.4 Å². The van der Waals surface area contributed by atoms with Crippen molar-refractivity contribution in [3.8, 4) is 22.3 Å². The lowest BCUT2D eigenvalue weighted by Gasteiger charge is -2.26. The standard InChI is InChI=1S/C54H36N2OS/c1-4-14-40(15-5-1)55(41-16-6-2-7-17-41)43-33-28-38(29-34-43)45-21-12-22-47-53-49(23-13-25-52(53)58-54(45)47)56(42-18-8-3-9-19-42)44-31-26-37(27-32-44)39-30-35-51-48(36-39)46-20-10-11-24-50(46)57-51/h1-36H. The number of para-hydroxylation sites is 4. The number of hydrogen-bond acceptors (Lipinski definition) is 4. The highest BCUT2D eigenvalue weighted by Crippen LogP contribution is 2.48. The number of thiophene rings is 1. The Hall–Kier alpha value is -7.40. The lowest BCUT2D eigenvalue weighted by molar-refractivity contribution is 0.669. The summed E-state index contributed by atoms with van der Waals surface area (Å²) in [5.74, 6) is 0. The Kier molecular flexibility index (Phi) is 8.34. The third-order valence-corrected chi connectivity index (χ3v) is 12.3. The van der Waals surface area contributed by atoms with E-state index in [0.717, 1.165) is 67.2 Å². The van der Waals surface area contributed by atoms with Gasteiger partial charge in [0.2, 0.25) is 0 Å². The van der Waals surface area contributed by atoms with Crippen LogP contribution in [-0.4, -0.2) is 0 Å². The summed E-state index contributed by atoms with van der Waals surface area (Å²) >= 11 is 1.87. The predicted molar refractivity (Wildman–Crippen MR) is 247 cm³/mol. The minimum atomic E-state index is 0.908. The second kappa shape index (κ2) is 14.3. The Balaban J connectivity index is 0.992. The number of furan rings is 1. The Morgan fingerprint density at radius 1 is 0.345 bits per heavy atom. The molecule has 274 valence electrons. The highest BCUT2D eigenvalue weighted by molar-refractivity contribution is 7.26. The van der Waals surface area contributed by atoms with Gasteiger partial charge in [0.05, 0.1) is 5.69 Å². The van der Waals surface area contributed by atoms with Crippen LogP contribution in [0.1, 0.15) is 0 Å². The van der Waals surface area contributed by atoms with Crippen LogP contribution in [0, 0.1) is 0 Å². The van der Waals surface area contributed by atoms with Gasteiger partial charge in [0, 0.05) is 59.4 Å². The molecule has 3 nitrogen and oxygen atoms in total. The van der Waals surface area contributed by atoms with E-state index in [1.165, 1.54) is 31.3 Å². The van der Waals surface area contributed by atoms with Gasteiger partial charge in [-0.1, -0.05) is 127 Å². The predicted octanol–water partition coefficient (Wildman–Crippen LogP) is 16.2. The molecule has 0 bridgehead atoms. The molecule has 2 aromatic heterocycles. The van der Waals surface area contributed by atoms with Gasteiger partial charge in [0.1, 0.15) is 11.2 Å². The van der Waals surface area contributed by atoms with Crippen molar-refractivity contribution in [3.05, 3.63) is 218 Å². The first-order valence-electron chi connectivity index (χ1n) is 19.6. The van der Waals surface area contributed by atoms with Crippen LogP contribution in [0.2, 0.25) is 0 Å². The van der Waals surface area contributed by atoms with Crippen LogP contribution in [-0.2, 0) is 0 Å². The Bertz CT molecular complexity index is 3170. The van der Waals surface area contributed by atoms with Crippen molar-refractivity contribution >= 4 is 87.6 Å². The van der Waals surface area contributed by atoms with Crippen LogP contribution in [0.15, 0.2) is 223 Å². The molecule has 0 aliphatic heterocycles. The zero-order chi connectivity index (χ0) is 38.4. The smallest absolute Gasteiger partial charge is 0.135 e. The highest BCUT2D eigenvalue weighted by atomic mass is 32.1. The summed E-state index contributed by atoms with van der Waals surface area (Å²) in [6, 6.07) is 78.0. The molecule has 0 fully saturated rings. The fourth-order valence-electron chi connectivity index (χ4n) is 8.35. The molecule has 0 spiro atoms. The van der Waals surface area contributed by atoms with Crippen LogP contribution in [0.5, 0.6) is 0 Å². The first kappa shape index (κ1) is 33.9. The van der Waals surface area contributed by atoms with Crippen LogP contribution < -0.4 is 9.80 Å². The molecule has 2 heterocycles. The average Bonchev–Trinajstić information content (AvgIpc) is 3.87. The summed E-state index contributed by atoms with van der Waals surface area (Å²) in [5.41, 5.74) is 13.3. The van der Waals surface area contributed by atoms with E-state index >= 15 is 0 Å². The molecule has 0 N–H and O–H groups in total. The van der Waals surface area contributed by atoms with E-state index in [0.29, 0.717) is 0 Å². The van der Waals surface area contributed by atoms with Gasteiger partial charge in [-0.05, 0) is 113 Å². The van der Waals surface area contributed by atoms with E-state index in [-0.39, 0.29) is 0 Å². The SMILES string of the molecule is c1ccc(N(c2ccccc2)c2ccc(-c3cccc4c3sc3cccc(N(c5ccccc5)c5ccc(-c6ccc7oc8ccccc8c7c6)cc5)c34)cc2)cc1. The maximum absolute atomic E-state index is 6.12. The molecule has 0 aliphatic carbocycles. The first-order valence-corrected chi connectivity index (χ1v) is 20.4. The molecule has 0 saturated carbocycles. The first-order chi connectivity index (χ1) is 28.8. The third kappa shape index (κ3) is 5.90. The molecule has 11 aromatic rings. The second-order valence-corrected chi connectivity index (χ2v) is 15.6. The van der Waals surface area contributed by atoms with Crippen molar-refractivity contribution < 1.29 is 4.42 Å². The summed E-state index contributed by atoms with van der Waals surface area (Å²) < 4.78 is 8.66. The van der Waals surface area contributed by atoms with Crippen molar-refractivity contribution in [2.24, 2.45) is 0 Å². The van der Waals surface area contributed by atoms with Crippen LogP contribution >= 0.6 is 11.3 Å². The molecule has 0 radical (unpaired) electrons. The second-order valence-electron chi connectivity index (χ2n) is 14.5. The number of hydrogen-bond donors (Lipinski definition) is 0. The fourth-order valence-corrected chi connectivity index (χ4v) is 9.61. The topological polar surface area (TPSA) is 19.6 Å². The molecule has 11 rings (SSSR count). The highest BCUT2D eigenvalue weighted by Gasteiger charge is 2.20. The summed E-state index contributed by atoms with van der Waals surface area (Å²) in [5, 5.41) is 4.78. The molecule has 0 unspecified atom stereocenters. The average molecular weight is 761 g/mol. The van der Waals surface area contributed by atoms with Gasteiger partial charge >= 0.3 is 0 Å². The van der Waals surface area contributed by atoms with Gasteiger partial charge in [-0.2, -0.15) is 0 Å². The maximum atomic E-state index is 6.12. The zero-order valence-corrected chi connectivity index (χ0v) is 32.3.